The van der Waals surface area contributed by atoms with Crippen molar-refractivity contribution in [1.29, 1.82) is 0 Å². The molecule has 1 atom stereocenters. The molecule has 3 aromatic heterocycles. The summed E-state index contributed by atoms with van der Waals surface area (Å²) >= 11 is 0. The second-order valence-electron chi connectivity index (χ2n) is 6.24. The predicted molar refractivity (Wildman–Crippen MR) is 97.8 cm³/mol. The van der Waals surface area contributed by atoms with Crippen molar-refractivity contribution in [2.24, 2.45) is 7.05 Å². The van der Waals surface area contributed by atoms with Gasteiger partial charge in [0.2, 0.25) is 5.82 Å². The first-order chi connectivity index (χ1) is 13.5. The van der Waals surface area contributed by atoms with E-state index in [-0.39, 0.29) is 11.6 Å². The quantitative estimate of drug-likeness (QED) is 0.543. The summed E-state index contributed by atoms with van der Waals surface area (Å²) in [6.45, 7) is 3.79. The largest absolute Gasteiger partial charge is 0.452 e. The lowest BCUT2D eigenvalue weighted by Crippen LogP contribution is -2.10. The molecule has 0 unspecified atom stereocenters. The van der Waals surface area contributed by atoms with Gasteiger partial charge in [-0.15, -0.1) is 20.1 Å². The maximum Gasteiger partial charge on any atom is 0.317 e. The van der Waals surface area contributed by atoms with E-state index >= 15 is 0 Å². The molecule has 0 bridgehead atoms. The Balaban J connectivity index is 1.55. The lowest BCUT2D eigenvalue weighted by molar-refractivity contribution is 0.190. The molecule has 0 aliphatic rings. The first kappa shape index (κ1) is 17.5. The molecule has 28 heavy (non-hydrogen) atoms. The van der Waals surface area contributed by atoms with Crippen LogP contribution in [0, 0.1) is 6.92 Å². The summed E-state index contributed by atoms with van der Waals surface area (Å²) in [5, 5.41) is 26.7. The Morgan fingerprint density at radius 1 is 1.18 bits per heavy atom. The van der Waals surface area contributed by atoms with E-state index in [0.29, 0.717) is 17.2 Å². The summed E-state index contributed by atoms with van der Waals surface area (Å²) in [6.07, 6.45) is 0.986. The first-order valence-electron chi connectivity index (χ1n) is 8.49. The van der Waals surface area contributed by atoms with Crippen LogP contribution in [-0.2, 0) is 7.05 Å². The number of aromatic amines is 1. The molecule has 0 radical (unpaired) electrons. The van der Waals surface area contributed by atoms with Crippen molar-refractivity contribution < 1.29 is 4.74 Å². The fraction of sp³-hybridized carbons (Fsp3) is 0.235. The van der Waals surface area contributed by atoms with Gasteiger partial charge in [0.1, 0.15) is 0 Å². The molecule has 1 aromatic carbocycles. The van der Waals surface area contributed by atoms with Gasteiger partial charge in [-0.3, -0.25) is 9.36 Å². The number of H-pyrrole nitrogens is 1. The van der Waals surface area contributed by atoms with Crippen LogP contribution >= 0.6 is 0 Å². The molecule has 4 rings (SSSR count). The van der Waals surface area contributed by atoms with Crippen molar-refractivity contribution in [3.05, 3.63) is 58.3 Å². The highest BCUT2D eigenvalue weighted by Crippen LogP contribution is 2.22. The normalized spacial score (nSPS) is 12.1. The molecule has 0 spiro atoms. The zero-order valence-corrected chi connectivity index (χ0v) is 15.4. The van der Waals surface area contributed by atoms with Gasteiger partial charge in [-0.25, -0.2) is 5.10 Å². The van der Waals surface area contributed by atoms with Gasteiger partial charge in [-0.2, -0.15) is 5.10 Å². The molecule has 0 aliphatic carbocycles. The molecule has 0 saturated carbocycles. The van der Waals surface area contributed by atoms with Gasteiger partial charge in [0.05, 0.1) is 11.9 Å². The lowest BCUT2D eigenvalue weighted by atomic mass is 10.2. The average molecular weight is 379 g/mol. The van der Waals surface area contributed by atoms with E-state index in [2.05, 4.69) is 35.8 Å². The molecule has 1 N–H and O–H groups in total. The van der Waals surface area contributed by atoms with Crippen LogP contribution in [0.25, 0.3) is 17.1 Å². The summed E-state index contributed by atoms with van der Waals surface area (Å²) < 4.78 is 7.46. The van der Waals surface area contributed by atoms with Crippen LogP contribution in [0.4, 0.5) is 0 Å². The van der Waals surface area contributed by atoms with Crippen molar-refractivity contribution in [1.82, 2.24) is 45.2 Å². The highest BCUT2D eigenvalue weighted by molar-refractivity contribution is 5.53. The summed E-state index contributed by atoms with van der Waals surface area (Å²) in [5.74, 6) is 0.862. The van der Waals surface area contributed by atoms with Crippen molar-refractivity contribution >= 4 is 0 Å². The highest BCUT2D eigenvalue weighted by atomic mass is 16.5. The molecule has 0 saturated heterocycles. The topological polar surface area (TPSA) is 129 Å². The number of hydrogen-bond donors (Lipinski definition) is 1. The Morgan fingerprint density at radius 3 is 2.82 bits per heavy atom. The van der Waals surface area contributed by atoms with Gasteiger partial charge in [0.15, 0.2) is 11.9 Å². The predicted octanol–water partition coefficient (Wildman–Crippen LogP) is 0.990. The minimum atomic E-state index is -0.508. The van der Waals surface area contributed by atoms with Crippen molar-refractivity contribution in [2.45, 2.75) is 20.0 Å². The number of hydrogen-bond acceptors (Lipinski definition) is 8. The minimum Gasteiger partial charge on any atom is -0.452 e. The molecule has 3 heterocycles. The van der Waals surface area contributed by atoms with Gasteiger partial charge < -0.3 is 4.74 Å². The Hall–Kier alpha value is -3.89. The number of aromatic nitrogens is 9. The van der Waals surface area contributed by atoms with Gasteiger partial charge in [0, 0.05) is 18.7 Å². The van der Waals surface area contributed by atoms with Crippen LogP contribution < -0.4 is 10.3 Å². The molecular formula is C17H17N9O2. The molecule has 0 amide bonds. The Kier molecular flexibility index (Phi) is 4.39. The summed E-state index contributed by atoms with van der Waals surface area (Å²) in [7, 11) is 1.73. The fourth-order valence-corrected chi connectivity index (χ4v) is 2.63. The fourth-order valence-electron chi connectivity index (χ4n) is 2.63. The molecule has 4 aromatic rings. The van der Waals surface area contributed by atoms with Crippen LogP contribution in [0.2, 0.25) is 0 Å². The maximum absolute atomic E-state index is 11.5. The van der Waals surface area contributed by atoms with Crippen LogP contribution in [0.3, 0.4) is 0 Å². The third-order valence-electron chi connectivity index (χ3n) is 4.07. The van der Waals surface area contributed by atoms with Gasteiger partial charge in [-0.1, -0.05) is 17.2 Å². The molecular weight excluding hydrogens is 362 g/mol. The average Bonchev–Trinajstić information content (AvgIpc) is 3.30. The van der Waals surface area contributed by atoms with Crippen molar-refractivity contribution in [3.8, 4) is 23.1 Å². The smallest absolute Gasteiger partial charge is 0.317 e. The molecule has 142 valence electrons. The Bertz CT molecular complexity index is 1180. The second-order valence-corrected chi connectivity index (χ2v) is 6.24. The monoisotopic (exact) mass is 379 g/mol. The van der Waals surface area contributed by atoms with E-state index in [9.17, 15) is 4.79 Å². The van der Waals surface area contributed by atoms with Crippen molar-refractivity contribution in [2.75, 3.05) is 0 Å². The number of aryl methyl sites for hydroxylation is 1. The Morgan fingerprint density at radius 2 is 2.04 bits per heavy atom. The molecule has 11 heteroatoms. The summed E-state index contributed by atoms with van der Waals surface area (Å²) in [4.78, 5) is 12.9. The second kappa shape index (κ2) is 7.02. The van der Waals surface area contributed by atoms with Crippen LogP contribution in [0.1, 0.15) is 24.4 Å². The molecule has 0 aliphatic heterocycles. The van der Waals surface area contributed by atoms with Crippen molar-refractivity contribution in [3.63, 3.8) is 0 Å². The molecule has 11 nitrogen and oxygen atoms in total. The first-order valence-corrected chi connectivity index (χ1v) is 8.49. The Labute approximate surface area is 159 Å². The van der Waals surface area contributed by atoms with E-state index in [1.165, 1.54) is 17.1 Å². The van der Waals surface area contributed by atoms with E-state index < -0.39 is 6.10 Å². The van der Waals surface area contributed by atoms with E-state index in [0.717, 1.165) is 11.3 Å². The third kappa shape index (κ3) is 3.37. The number of tetrazole rings is 1. The maximum atomic E-state index is 11.5. The zero-order valence-electron chi connectivity index (χ0n) is 15.4. The third-order valence-corrected chi connectivity index (χ3v) is 4.07. The number of nitrogens with one attached hydrogen (secondary N) is 1. The van der Waals surface area contributed by atoms with Gasteiger partial charge >= 0.3 is 6.01 Å². The van der Waals surface area contributed by atoms with E-state index in [1.54, 1.807) is 18.5 Å². The van der Waals surface area contributed by atoms with Crippen LogP contribution in [0.15, 0.2) is 41.3 Å². The molecule has 0 fully saturated rings. The standard InChI is InChI=1S/C17H17N9O2/c1-10-5-4-6-13(7-10)26-23-15(20-24-26)11(2)28-17-22-21-16(25(17)3)12-8-14(27)19-18-9-12/h4-9,11H,1-3H3,(H,19,27)/t11-/m1/s1. The number of benzene rings is 1. The van der Waals surface area contributed by atoms with E-state index in [4.69, 9.17) is 4.74 Å². The number of rotatable bonds is 5. The number of nitrogens with zero attached hydrogens (tertiary/aromatic N) is 8. The zero-order chi connectivity index (χ0) is 19.7. The van der Waals surface area contributed by atoms with Crippen LogP contribution in [-0.4, -0.2) is 45.2 Å². The van der Waals surface area contributed by atoms with Gasteiger partial charge in [-0.05, 0) is 36.8 Å². The lowest BCUT2D eigenvalue weighted by Gasteiger charge is -2.10. The summed E-state index contributed by atoms with van der Waals surface area (Å²) in [6, 6.07) is 9.43. The van der Waals surface area contributed by atoms with E-state index in [1.807, 2.05) is 31.2 Å². The highest BCUT2D eigenvalue weighted by Gasteiger charge is 2.19. The van der Waals surface area contributed by atoms with Crippen LogP contribution in [0.5, 0.6) is 6.01 Å². The summed E-state index contributed by atoms with van der Waals surface area (Å²) in [5.41, 5.74) is 2.12. The minimum absolute atomic E-state index is 0.259. The SMILES string of the molecule is Cc1cccc(-n2nnc([C@@H](C)Oc3nnc(-c4cn[nH]c(=O)c4)n3C)n2)c1. The van der Waals surface area contributed by atoms with Gasteiger partial charge in [0.25, 0.3) is 5.56 Å². The number of ether oxygens (including phenoxy) is 1.